The molecule has 2 aromatic rings. The van der Waals surface area contributed by atoms with E-state index >= 15 is 0 Å². The molecule has 1 atom stereocenters. The number of hydrogen-bond donors (Lipinski definition) is 1. The molecule has 6 heteroatoms. The molecule has 3 heterocycles. The minimum absolute atomic E-state index is 0.0402. The fraction of sp³-hybridized carbons (Fsp3) is 0.440. The van der Waals surface area contributed by atoms with Gasteiger partial charge < -0.3 is 20.0 Å². The number of benzene rings is 2. The van der Waals surface area contributed by atoms with Crippen LogP contribution >= 0.6 is 0 Å². The molecule has 2 aromatic carbocycles. The Morgan fingerprint density at radius 1 is 0.935 bits per heavy atom. The van der Waals surface area contributed by atoms with Crippen LogP contribution in [0, 0.1) is 13.8 Å². The third-order valence-corrected chi connectivity index (χ3v) is 6.89. The van der Waals surface area contributed by atoms with E-state index in [0.717, 1.165) is 50.3 Å². The molecular weight excluding hydrogens is 388 g/mol. The largest absolute Gasteiger partial charge is 0.368 e. The van der Waals surface area contributed by atoms with E-state index in [0.29, 0.717) is 18.7 Å². The maximum absolute atomic E-state index is 13.2. The maximum Gasteiger partial charge on any atom is 0.254 e. The van der Waals surface area contributed by atoms with Crippen molar-refractivity contribution in [2.75, 3.05) is 47.8 Å². The minimum Gasteiger partial charge on any atom is -0.368 e. The molecule has 0 aliphatic carbocycles. The predicted octanol–water partition coefficient (Wildman–Crippen LogP) is 3.58. The molecule has 0 saturated carbocycles. The summed E-state index contributed by atoms with van der Waals surface area (Å²) in [4.78, 5) is 32.2. The highest BCUT2D eigenvalue weighted by Crippen LogP contribution is 2.36. The summed E-state index contributed by atoms with van der Waals surface area (Å²) < 4.78 is 0. The number of piperidine rings is 1. The molecule has 3 aliphatic rings. The maximum atomic E-state index is 13.2. The molecule has 2 fully saturated rings. The molecular formula is C25H30N4O2. The predicted molar refractivity (Wildman–Crippen MR) is 124 cm³/mol. The molecule has 162 valence electrons. The second-order valence-electron chi connectivity index (χ2n) is 9.00. The lowest BCUT2D eigenvalue weighted by Crippen LogP contribution is -2.51. The van der Waals surface area contributed by atoms with Crippen LogP contribution < -0.4 is 15.1 Å². The van der Waals surface area contributed by atoms with Crippen LogP contribution in [0.4, 0.5) is 17.1 Å². The van der Waals surface area contributed by atoms with Crippen LogP contribution in [-0.4, -0.2) is 55.5 Å². The van der Waals surface area contributed by atoms with Crippen LogP contribution in [0.1, 0.15) is 40.7 Å². The Balaban J connectivity index is 1.30. The normalized spacial score (nSPS) is 20.8. The van der Waals surface area contributed by atoms with Crippen molar-refractivity contribution in [2.24, 2.45) is 0 Å². The first kappa shape index (κ1) is 19.9. The van der Waals surface area contributed by atoms with Gasteiger partial charge in [-0.15, -0.1) is 0 Å². The Morgan fingerprint density at radius 3 is 2.55 bits per heavy atom. The summed E-state index contributed by atoms with van der Waals surface area (Å²) in [5.41, 5.74) is 6.25. The number of aryl methyl sites for hydroxylation is 2. The van der Waals surface area contributed by atoms with Gasteiger partial charge in [0.05, 0.1) is 11.4 Å². The quantitative estimate of drug-likeness (QED) is 0.810. The van der Waals surface area contributed by atoms with Crippen molar-refractivity contribution >= 4 is 28.9 Å². The van der Waals surface area contributed by atoms with E-state index in [2.05, 4.69) is 47.2 Å². The van der Waals surface area contributed by atoms with Gasteiger partial charge in [-0.2, -0.15) is 0 Å². The summed E-state index contributed by atoms with van der Waals surface area (Å²) in [5.74, 6) is 0.0948. The number of hydrogen-bond acceptors (Lipinski definition) is 4. The van der Waals surface area contributed by atoms with Gasteiger partial charge in [0.2, 0.25) is 5.91 Å². The molecule has 0 aromatic heterocycles. The van der Waals surface area contributed by atoms with Crippen molar-refractivity contribution in [3.63, 3.8) is 0 Å². The highest BCUT2D eigenvalue weighted by Gasteiger charge is 2.35. The fourth-order valence-corrected chi connectivity index (χ4v) is 5.12. The fourth-order valence-electron chi connectivity index (χ4n) is 5.12. The van der Waals surface area contributed by atoms with Crippen LogP contribution in [0.3, 0.4) is 0 Å². The first-order chi connectivity index (χ1) is 15.0. The number of carbonyl (C=O) groups excluding carboxylic acids is 2. The number of nitrogens with one attached hydrogen (secondary N) is 1. The first-order valence-electron chi connectivity index (χ1n) is 11.3. The van der Waals surface area contributed by atoms with E-state index in [-0.39, 0.29) is 17.9 Å². The monoisotopic (exact) mass is 418 g/mol. The van der Waals surface area contributed by atoms with Crippen LogP contribution in [0.2, 0.25) is 0 Å². The summed E-state index contributed by atoms with van der Waals surface area (Å²) in [6, 6.07) is 12.2. The van der Waals surface area contributed by atoms with Crippen LogP contribution in [0.5, 0.6) is 0 Å². The Bertz CT molecular complexity index is 1030. The number of anilines is 3. The highest BCUT2D eigenvalue weighted by atomic mass is 16.2. The van der Waals surface area contributed by atoms with E-state index in [9.17, 15) is 9.59 Å². The molecule has 31 heavy (non-hydrogen) atoms. The van der Waals surface area contributed by atoms with E-state index in [1.165, 1.54) is 16.8 Å². The number of rotatable bonds is 2. The van der Waals surface area contributed by atoms with Gasteiger partial charge in [0, 0.05) is 44.0 Å². The third kappa shape index (κ3) is 3.64. The molecule has 3 aliphatic heterocycles. The van der Waals surface area contributed by atoms with E-state index in [1.807, 2.05) is 23.1 Å². The lowest BCUT2D eigenvalue weighted by Gasteiger charge is -2.41. The summed E-state index contributed by atoms with van der Waals surface area (Å²) in [5, 5.41) is 3.04. The molecule has 2 amide bonds. The molecule has 1 N–H and O–H groups in total. The van der Waals surface area contributed by atoms with E-state index in [1.54, 1.807) is 0 Å². The smallest absolute Gasteiger partial charge is 0.254 e. The standard InChI is InChI=1S/C25H30N4O2/c1-17-6-7-18(2)23(15-17)27-11-13-28(14-12-27)25(31)19-8-9-21-20(16-19)26-24(30)22-5-3-4-10-29(21)22/h6-9,15-16,22H,3-5,10-14H2,1-2H3,(H,26,30). The number of carbonyl (C=O) groups is 2. The zero-order valence-corrected chi connectivity index (χ0v) is 18.4. The Kier molecular flexibility index (Phi) is 5.08. The van der Waals surface area contributed by atoms with Crippen molar-refractivity contribution in [1.82, 2.24) is 4.90 Å². The van der Waals surface area contributed by atoms with Crippen LogP contribution in [-0.2, 0) is 4.79 Å². The lowest BCUT2D eigenvalue weighted by atomic mass is 9.96. The summed E-state index contributed by atoms with van der Waals surface area (Å²) in [6.45, 7) is 8.21. The number of piperazine rings is 1. The molecule has 1 unspecified atom stereocenters. The van der Waals surface area contributed by atoms with Gasteiger partial charge in [0.1, 0.15) is 6.04 Å². The van der Waals surface area contributed by atoms with Gasteiger partial charge in [-0.05, 0) is 68.5 Å². The Morgan fingerprint density at radius 2 is 1.74 bits per heavy atom. The Hall–Kier alpha value is -3.02. The summed E-state index contributed by atoms with van der Waals surface area (Å²) in [6.07, 6.45) is 3.10. The number of amides is 2. The highest BCUT2D eigenvalue weighted by molar-refractivity contribution is 6.05. The van der Waals surface area contributed by atoms with Gasteiger partial charge in [-0.25, -0.2) is 0 Å². The average Bonchev–Trinajstić information content (AvgIpc) is 2.80. The van der Waals surface area contributed by atoms with Gasteiger partial charge in [-0.3, -0.25) is 9.59 Å². The zero-order chi connectivity index (χ0) is 21.5. The lowest BCUT2D eigenvalue weighted by molar-refractivity contribution is -0.118. The third-order valence-electron chi connectivity index (χ3n) is 6.89. The number of nitrogens with zero attached hydrogens (tertiary/aromatic N) is 3. The zero-order valence-electron chi connectivity index (χ0n) is 18.4. The minimum atomic E-state index is -0.0686. The van der Waals surface area contributed by atoms with Crippen molar-refractivity contribution in [3.05, 3.63) is 53.1 Å². The first-order valence-corrected chi connectivity index (χ1v) is 11.3. The van der Waals surface area contributed by atoms with Crippen molar-refractivity contribution in [1.29, 1.82) is 0 Å². The Labute approximate surface area is 183 Å². The van der Waals surface area contributed by atoms with E-state index < -0.39 is 0 Å². The van der Waals surface area contributed by atoms with Crippen LogP contribution in [0.25, 0.3) is 0 Å². The summed E-state index contributed by atoms with van der Waals surface area (Å²) >= 11 is 0. The average molecular weight is 419 g/mol. The molecule has 0 radical (unpaired) electrons. The van der Waals surface area contributed by atoms with Crippen molar-refractivity contribution in [3.8, 4) is 0 Å². The van der Waals surface area contributed by atoms with Gasteiger partial charge in [-0.1, -0.05) is 12.1 Å². The van der Waals surface area contributed by atoms with Gasteiger partial charge in [0.15, 0.2) is 0 Å². The molecule has 5 rings (SSSR count). The molecule has 0 bridgehead atoms. The SMILES string of the molecule is Cc1ccc(C)c(N2CCN(C(=O)c3ccc4c(c3)NC(=O)C3CCCCN43)CC2)c1. The van der Waals surface area contributed by atoms with Crippen LogP contribution in [0.15, 0.2) is 36.4 Å². The number of fused-ring (bicyclic) bond motifs is 3. The summed E-state index contributed by atoms with van der Waals surface area (Å²) in [7, 11) is 0. The molecule has 0 spiro atoms. The van der Waals surface area contributed by atoms with Gasteiger partial charge in [0.25, 0.3) is 5.91 Å². The second kappa shape index (κ2) is 7.91. The molecule has 6 nitrogen and oxygen atoms in total. The van der Waals surface area contributed by atoms with Gasteiger partial charge >= 0.3 is 0 Å². The second-order valence-corrected chi connectivity index (χ2v) is 9.00. The molecule has 2 saturated heterocycles. The van der Waals surface area contributed by atoms with Crippen molar-refractivity contribution in [2.45, 2.75) is 39.2 Å². The van der Waals surface area contributed by atoms with E-state index in [4.69, 9.17) is 0 Å². The van der Waals surface area contributed by atoms with Crippen molar-refractivity contribution < 1.29 is 9.59 Å². The topological polar surface area (TPSA) is 55.9 Å².